The van der Waals surface area contributed by atoms with Crippen molar-refractivity contribution in [1.29, 1.82) is 0 Å². The highest BCUT2D eigenvalue weighted by molar-refractivity contribution is 5.94. The predicted octanol–water partition coefficient (Wildman–Crippen LogP) is 3.76. The van der Waals surface area contributed by atoms with E-state index in [4.69, 9.17) is 5.11 Å². The summed E-state index contributed by atoms with van der Waals surface area (Å²) in [5.74, 6) is -0.295. The molecule has 1 fully saturated rings. The molecule has 104 valence electrons. The van der Waals surface area contributed by atoms with Gasteiger partial charge in [0.05, 0.1) is 5.56 Å². The summed E-state index contributed by atoms with van der Waals surface area (Å²) in [6.45, 7) is 3.02. The highest BCUT2D eigenvalue weighted by Gasteiger charge is 2.19. The van der Waals surface area contributed by atoms with Gasteiger partial charge in [-0.2, -0.15) is 0 Å². The lowest BCUT2D eigenvalue weighted by Gasteiger charge is -2.27. The number of carboxylic acids is 1. The Hall–Kier alpha value is -1.58. The van der Waals surface area contributed by atoms with Crippen molar-refractivity contribution in [3.63, 3.8) is 0 Å². The molecule has 2 atom stereocenters. The fourth-order valence-electron chi connectivity index (χ4n) is 2.85. The van der Waals surface area contributed by atoms with E-state index in [-0.39, 0.29) is 5.56 Å². The summed E-state index contributed by atoms with van der Waals surface area (Å²) in [5.41, 5.74) is 0.510. The first kappa shape index (κ1) is 13.8. The van der Waals surface area contributed by atoms with Crippen LogP contribution in [0.4, 0.5) is 10.1 Å². The van der Waals surface area contributed by atoms with Crippen LogP contribution in [0.15, 0.2) is 18.2 Å². The van der Waals surface area contributed by atoms with Crippen LogP contribution in [0.1, 0.15) is 43.0 Å². The van der Waals surface area contributed by atoms with E-state index in [1.807, 2.05) is 0 Å². The van der Waals surface area contributed by atoms with Gasteiger partial charge in [-0.25, -0.2) is 9.18 Å². The standard InChI is InChI=1S/C15H20FNO2/c1-10-3-2-4-11(7-10)9-17-14-6-5-12(16)8-13(14)15(18)19/h5-6,8,10-11,17H,2-4,7,9H2,1H3,(H,18,19). The van der Waals surface area contributed by atoms with Gasteiger partial charge in [-0.3, -0.25) is 0 Å². The maximum absolute atomic E-state index is 13.1. The Labute approximate surface area is 112 Å². The fourth-order valence-corrected chi connectivity index (χ4v) is 2.85. The first-order valence-corrected chi connectivity index (χ1v) is 6.83. The van der Waals surface area contributed by atoms with Gasteiger partial charge in [-0.1, -0.05) is 19.8 Å². The number of carboxylic acid groups (broad SMARTS) is 1. The van der Waals surface area contributed by atoms with Gasteiger partial charge in [0, 0.05) is 12.2 Å². The second-order valence-corrected chi connectivity index (χ2v) is 5.51. The van der Waals surface area contributed by atoms with Gasteiger partial charge < -0.3 is 10.4 Å². The quantitative estimate of drug-likeness (QED) is 0.871. The lowest BCUT2D eigenvalue weighted by atomic mass is 9.82. The van der Waals surface area contributed by atoms with E-state index in [0.717, 1.165) is 18.5 Å². The molecule has 0 aromatic heterocycles. The topological polar surface area (TPSA) is 49.3 Å². The molecule has 3 nitrogen and oxygen atoms in total. The van der Waals surface area contributed by atoms with Gasteiger partial charge in [0.2, 0.25) is 0 Å². The monoisotopic (exact) mass is 265 g/mol. The molecule has 2 rings (SSSR count). The zero-order valence-electron chi connectivity index (χ0n) is 11.2. The average molecular weight is 265 g/mol. The molecular weight excluding hydrogens is 245 g/mol. The number of anilines is 1. The first-order chi connectivity index (χ1) is 9.06. The Balaban J connectivity index is 2.01. The second-order valence-electron chi connectivity index (χ2n) is 5.51. The van der Waals surface area contributed by atoms with Crippen LogP contribution in [0.2, 0.25) is 0 Å². The smallest absolute Gasteiger partial charge is 0.337 e. The van der Waals surface area contributed by atoms with Crippen LogP contribution in [-0.2, 0) is 0 Å². The van der Waals surface area contributed by atoms with Crippen LogP contribution in [0.25, 0.3) is 0 Å². The van der Waals surface area contributed by atoms with Crippen molar-refractivity contribution in [2.45, 2.75) is 32.6 Å². The Bertz CT molecular complexity index is 461. The number of aromatic carboxylic acids is 1. The van der Waals surface area contributed by atoms with Gasteiger partial charge in [0.15, 0.2) is 0 Å². The largest absolute Gasteiger partial charge is 0.478 e. The summed E-state index contributed by atoms with van der Waals surface area (Å²) in [6.07, 6.45) is 4.88. The third-order valence-electron chi connectivity index (χ3n) is 3.84. The maximum Gasteiger partial charge on any atom is 0.337 e. The molecule has 1 aliphatic rings. The zero-order chi connectivity index (χ0) is 13.8. The maximum atomic E-state index is 13.1. The molecule has 1 saturated carbocycles. The fraction of sp³-hybridized carbons (Fsp3) is 0.533. The zero-order valence-corrected chi connectivity index (χ0v) is 11.2. The highest BCUT2D eigenvalue weighted by Crippen LogP contribution is 2.29. The van der Waals surface area contributed by atoms with E-state index in [0.29, 0.717) is 11.6 Å². The number of rotatable bonds is 4. The molecule has 1 aromatic carbocycles. The summed E-state index contributed by atoms with van der Waals surface area (Å²) >= 11 is 0. The molecule has 2 unspecified atom stereocenters. The van der Waals surface area contributed by atoms with Crippen LogP contribution >= 0.6 is 0 Å². The van der Waals surface area contributed by atoms with Gasteiger partial charge in [-0.05, 0) is 42.9 Å². The van der Waals surface area contributed by atoms with E-state index >= 15 is 0 Å². The van der Waals surface area contributed by atoms with Gasteiger partial charge in [0.1, 0.15) is 5.82 Å². The molecule has 19 heavy (non-hydrogen) atoms. The summed E-state index contributed by atoms with van der Waals surface area (Å²) in [4.78, 5) is 11.1. The van der Waals surface area contributed by atoms with Crippen LogP contribution in [0.3, 0.4) is 0 Å². The van der Waals surface area contributed by atoms with Crippen LogP contribution < -0.4 is 5.32 Å². The van der Waals surface area contributed by atoms with Crippen molar-refractivity contribution in [3.8, 4) is 0 Å². The van der Waals surface area contributed by atoms with Crippen molar-refractivity contribution in [1.82, 2.24) is 0 Å². The molecule has 1 aliphatic carbocycles. The second kappa shape index (κ2) is 6.04. The molecule has 0 spiro atoms. The highest BCUT2D eigenvalue weighted by atomic mass is 19.1. The van der Waals surface area contributed by atoms with Gasteiger partial charge in [0.25, 0.3) is 0 Å². The van der Waals surface area contributed by atoms with Gasteiger partial charge >= 0.3 is 5.97 Å². The number of benzene rings is 1. The number of carbonyl (C=O) groups is 1. The number of halogens is 1. The predicted molar refractivity (Wildman–Crippen MR) is 73.0 cm³/mol. The molecule has 0 saturated heterocycles. The Morgan fingerprint density at radius 3 is 2.95 bits per heavy atom. The summed E-state index contributed by atoms with van der Waals surface area (Å²) in [6, 6.07) is 3.86. The molecule has 0 radical (unpaired) electrons. The molecule has 0 amide bonds. The normalized spacial score (nSPS) is 23.1. The van der Waals surface area contributed by atoms with E-state index in [2.05, 4.69) is 12.2 Å². The number of hydrogen-bond donors (Lipinski definition) is 2. The van der Waals surface area contributed by atoms with E-state index in [1.165, 1.54) is 37.8 Å². The van der Waals surface area contributed by atoms with Crippen molar-refractivity contribution >= 4 is 11.7 Å². The average Bonchev–Trinajstić information content (AvgIpc) is 2.37. The molecular formula is C15H20FNO2. The SMILES string of the molecule is CC1CCCC(CNc2ccc(F)cc2C(=O)O)C1. The summed E-state index contributed by atoms with van der Waals surface area (Å²) in [5, 5.41) is 12.2. The van der Waals surface area contributed by atoms with Crippen molar-refractivity contribution < 1.29 is 14.3 Å². The Kier molecular flexibility index (Phi) is 4.40. The third kappa shape index (κ3) is 3.69. The van der Waals surface area contributed by atoms with Crippen molar-refractivity contribution in [2.75, 3.05) is 11.9 Å². The van der Waals surface area contributed by atoms with Gasteiger partial charge in [-0.15, -0.1) is 0 Å². The lowest BCUT2D eigenvalue weighted by molar-refractivity contribution is 0.0697. The molecule has 0 heterocycles. The minimum absolute atomic E-state index is 0.00357. The third-order valence-corrected chi connectivity index (χ3v) is 3.84. The first-order valence-electron chi connectivity index (χ1n) is 6.83. The number of nitrogens with one attached hydrogen (secondary N) is 1. The van der Waals surface area contributed by atoms with E-state index in [9.17, 15) is 9.18 Å². The summed E-state index contributed by atoms with van der Waals surface area (Å²) in [7, 11) is 0. The molecule has 2 N–H and O–H groups in total. The van der Waals surface area contributed by atoms with E-state index in [1.54, 1.807) is 0 Å². The molecule has 1 aromatic rings. The molecule has 4 heteroatoms. The minimum Gasteiger partial charge on any atom is -0.478 e. The van der Waals surface area contributed by atoms with E-state index < -0.39 is 11.8 Å². The van der Waals surface area contributed by atoms with Crippen LogP contribution in [0, 0.1) is 17.7 Å². The Morgan fingerprint density at radius 1 is 1.47 bits per heavy atom. The molecule has 0 aliphatic heterocycles. The summed E-state index contributed by atoms with van der Waals surface area (Å²) < 4.78 is 13.1. The van der Waals surface area contributed by atoms with Crippen molar-refractivity contribution in [2.24, 2.45) is 11.8 Å². The lowest BCUT2D eigenvalue weighted by Crippen LogP contribution is -2.21. The van der Waals surface area contributed by atoms with Crippen LogP contribution in [-0.4, -0.2) is 17.6 Å². The van der Waals surface area contributed by atoms with Crippen LogP contribution in [0.5, 0.6) is 0 Å². The van der Waals surface area contributed by atoms with Crippen molar-refractivity contribution in [3.05, 3.63) is 29.6 Å². The number of hydrogen-bond acceptors (Lipinski definition) is 2. The minimum atomic E-state index is -1.10. The Morgan fingerprint density at radius 2 is 2.26 bits per heavy atom. The molecule has 0 bridgehead atoms.